The van der Waals surface area contributed by atoms with Crippen molar-refractivity contribution in [2.45, 2.75) is 50.3 Å². The fourth-order valence-corrected chi connectivity index (χ4v) is 3.23. The van der Waals surface area contributed by atoms with Crippen LogP contribution in [0.3, 0.4) is 0 Å². The number of carbonyl (C=O) groups is 2. The lowest BCUT2D eigenvalue weighted by molar-refractivity contribution is -0.216. The largest absolute Gasteiger partial charge is 0.454 e. The first-order chi connectivity index (χ1) is 11.9. The number of benzene rings is 1. The molecular weight excluding hydrogens is 328 g/mol. The van der Waals surface area contributed by atoms with Crippen molar-refractivity contribution in [1.29, 1.82) is 0 Å². The summed E-state index contributed by atoms with van der Waals surface area (Å²) < 4.78 is 27.6. The molecule has 0 saturated carbocycles. The minimum Gasteiger partial charge on any atom is -0.454 e. The van der Waals surface area contributed by atoms with Gasteiger partial charge >= 0.3 is 11.9 Å². The number of fused-ring (bicyclic) bond motifs is 3. The minimum atomic E-state index is -1.13. The van der Waals surface area contributed by atoms with Crippen LogP contribution in [0.5, 0.6) is 0 Å². The number of hydrogen-bond donors (Lipinski definition) is 0. The van der Waals surface area contributed by atoms with Crippen LogP contribution in [-0.2, 0) is 33.3 Å². The number of rotatable bonds is 3. The Labute approximate surface area is 144 Å². The average Bonchev–Trinajstić information content (AvgIpc) is 3.14. The lowest BCUT2D eigenvalue weighted by Crippen LogP contribution is -2.37. The lowest BCUT2D eigenvalue weighted by atomic mass is 10.1. The van der Waals surface area contributed by atoms with Gasteiger partial charge in [-0.25, -0.2) is 9.59 Å². The summed E-state index contributed by atoms with van der Waals surface area (Å²) in [5.74, 6) is -2.09. The van der Waals surface area contributed by atoms with Crippen molar-refractivity contribution in [2.24, 2.45) is 0 Å². The molecule has 0 aliphatic carbocycles. The molecule has 1 aromatic carbocycles. The molecular formula is C18H18O7. The summed E-state index contributed by atoms with van der Waals surface area (Å²) in [6.45, 7) is 3.51. The van der Waals surface area contributed by atoms with E-state index in [0.717, 1.165) is 5.56 Å². The van der Waals surface area contributed by atoms with Gasteiger partial charge in [0.2, 0.25) is 6.10 Å². The van der Waals surface area contributed by atoms with Gasteiger partial charge in [0.15, 0.2) is 24.3 Å². The molecule has 0 N–H and O–H groups in total. The molecule has 0 radical (unpaired) electrons. The number of esters is 2. The second-order valence-electron chi connectivity index (χ2n) is 6.57. The summed E-state index contributed by atoms with van der Waals surface area (Å²) in [5.41, 5.74) is 0.849. The van der Waals surface area contributed by atoms with E-state index in [9.17, 15) is 9.59 Å². The highest BCUT2D eigenvalue weighted by Gasteiger charge is 2.64. The van der Waals surface area contributed by atoms with Gasteiger partial charge < -0.3 is 23.7 Å². The standard InChI is InChI=1S/C18H18O7/c1-18(2)24-15-13-12(23-17(15)25-18)14(16(20)22-13)21-11(19)9-8-10-6-4-3-5-7-10/h3-9,12-15,17H,1-2H3. The summed E-state index contributed by atoms with van der Waals surface area (Å²) in [6.07, 6.45) is -0.783. The SMILES string of the molecule is CC1(C)OC2OC3C(OC(=O)C=Cc4ccccc4)C(=O)OC3C2O1. The Morgan fingerprint density at radius 1 is 1.12 bits per heavy atom. The Kier molecular flexibility index (Phi) is 3.87. The Morgan fingerprint density at radius 2 is 1.88 bits per heavy atom. The molecule has 5 atom stereocenters. The first-order valence-corrected chi connectivity index (χ1v) is 8.08. The van der Waals surface area contributed by atoms with Crippen molar-refractivity contribution in [2.75, 3.05) is 0 Å². The van der Waals surface area contributed by atoms with E-state index >= 15 is 0 Å². The first-order valence-electron chi connectivity index (χ1n) is 8.08. The van der Waals surface area contributed by atoms with E-state index in [1.807, 2.05) is 30.3 Å². The zero-order valence-electron chi connectivity index (χ0n) is 13.8. The zero-order valence-corrected chi connectivity index (χ0v) is 13.8. The summed E-state index contributed by atoms with van der Waals surface area (Å²) in [7, 11) is 0. The molecule has 5 unspecified atom stereocenters. The van der Waals surface area contributed by atoms with Crippen LogP contribution in [0.15, 0.2) is 36.4 Å². The number of carbonyl (C=O) groups excluding carboxylic acids is 2. The molecule has 0 spiro atoms. The first kappa shape index (κ1) is 16.3. The summed E-state index contributed by atoms with van der Waals surface area (Å²) in [4.78, 5) is 24.1. The molecule has 3 aliphatic heterocycles. The lowest BCUT2D eigenvalue weighted by Gasteiger charge is -2.21. The third-order valence-corrected chi connectivity index (χ3v) is 4.26. The van der Waals surface area contributed by atoms with Gasteiger partial charge in [-0.2, -0.15) is 0 Å². The molecule has 3 heterocycles. The average molecular weight is 346 g/mol. The Balaban J connectivity index is 1.41. The third kappa shape index (κ3) is 3.06. The zero-order chi connectivity index (χ0) is 17.6. The van der Waals surface area contributed by atoms with Gasteiger partial charge in [0.25, 0.3) is 0 Å². The van der Waals surface area contributed by atoms with E-state index in [2.05, 4.69) is 0 Å². The van der Waals surface area contributed by atoms with Crippen molar-refractivity contribution in [3.05, 3.63) is 42.0 Å². The third-order valence-electron chi connectivity index (χ3n) is 4.26. The monoisotopic (exact) mass is 346 g/mol. The van der Waals surface area contributed by atoms with E-state index in [-0.39, 0.29) is 0 Å². The fourth-order valence-electron chi connectivity index (χ4n) is 3.23. The maximum Gasteiger partial charge on any atom is 0.350 e. The van der Waals surface area contributed by atoms with Gasteiger partial charge in [0, 0.05) is 6.08 Å². The van der Waals surface area contributed by atoms with E-state index in [4.69, 9.17) is 23.7 Å². The quantitative estimate of drug-likeness (QED) is 0.605. The molecule has 3 aliphatic rings. The van der Waals surface area contributed by atoms with Gasteiger partial charge in [-0.05, 0) is 25.5 Å². The molecule has 25 heavy (non-hydrogen) atoms. The van der Waals surface area contributed by atoms with Gasteiger partial charge in [-0.1, -0.05) is 30.3 Å². The maximum atomic E-state index is 12.0. The van der Waals surface area contributed by atoms with Crippen molar-refractivity contribution in [1.82, 2.24) is 0 Å². The molecule has 0 amide bonds. The molecule has 132 valence electrons. The van der Waals surface area contributed by atoms with E-state index in [0.29, 0.717) is 0 Å². The van der Waals surface area contributed by atoms with Crippen LogP contribution in [0.4, 0.5) is 0 Å². The van der Waals surface area contributed by atoms with Crippen molar-refractivity contribution in [3.8, 4) is 0 Å². The van der Waals surface area contributed by atoms with Crippen LogP contribution < -0.4 is 0 Å². The van der Waals surface area contributed by atoms with E-state index in [1.165, 1.54) is 6.08 Å². The highest BCUT2D eigenvalue weighted by atomic mass is 16.8. The molecule has 0 aromatic heterocycles. The Bertz CT molecular complexity index is 711. The molecule has 1 aromatic rings. The van der Waals surface area contributed by atoms with E-state index < -0.39 is 48.4 Å². The fraction of sp³-hybridized carbons (Fsp3) is 0.444. The van der Waals surface area contributed by atoms with Gasteiger partial charge in [-0.3, -0.25) is 0 Å². The second kappa shape index (κ2) is 5.94. The molecule has 3 fully saturated rings. The highest BCUT2D eigenvalue weighted by molar-refractivity contribution is 5.90. The molecule has 7 heteroatoms. The predicted octanol–water partition coefficient (Wildman–Crippen LogP) is 1.41. The number of ether oxygens (including phenoxy) is 5. The van der Waals surface area contributed by atoms with Crippen LogP contribution in [0.2, 0.25) is 0 Å². The topological polar surface area (TPSA) is 80.3 Å². The van der Waals surface area contributed by atoms with Crippen LogP contribution >= 0.6 is 0 Å². The van der Waals surface area contributed by atoms with E-state index in [1.54, 1.807) is 19.9 Å². The summed E-state index contributed by atoms with van der Waals surface area (Å²) in [5, 5.41) is 0. The molecule has 7 nitrogen and oxygen atoms in total. The highest BCUT2D eigenvalue weighted by Crippen LogP contribution is 2.42. The maximum absolute atomic E-state index is 12.0. The number of hydrogen-bond acceptors (Lipinski definition) is 7. The Morgan fingerprint density at radius 3 is 2.64 bits per heavy atom. The van der Waals surface area contributed by atoms with Gasteiger partial charge in [0.05, 0.1) is 0 Å². The second-order valence-corrected chi connectivity index (χ2v) is 6.57. The van der Waals surface area contributed by atoms with Crippen molar-refractivity contribution < 1.29 is 33.3 Å². The molecule has 4 rings (SSSR count). The smallest absolute Gasteiger partial charge is 0.350 e. The van der Waals surface area contributed by atoms with Gasteiger partial charge in [0.1, 0.15) is 6.10 Å². The molecule has 3 saturated heterocycles. The van der Waals surface area contributed by atoms with Crippen molar-refractivity contribution in [3.63, 3.8) is 0 Å². The summed E-state index contributed by atoms with van der Waals surface area (Å²) in [6, 6.07) is 9.29. The minimum absolute atomic E-state index is 0.521. The Hall–Kier alpha value is -2.22. The van der Waals surface area contributed by atoms with Crippen molar-refractivity contribution >= 4 is 18.0 Å². The molecule has 0 bridgehead atoms. The van der Waals surface area contributed by atoms with Gasteiger partial charge in [-0.15, -0.1) is 0 Å². The van der Waals surface area contributed by atoms with Crippen LogP contribution in [0.1, 0.15) is 19.4 Å². The van der Waals surface area contributed by atoms with Crippen LogP contribution in [0, 0.1) is 0 Å². The normalized spacial score (nSPS) is 35.4. The van der Waals surface area contributed by atoms with Crippen LogP contribution in [0.25, 0.3) is 6.08 Å². The predicted molar refractivity (Wildman–Crippen MR) is 83.9 cm³/mol. The summed E-state index contributed by atoms with van der Waals surface area (Å²) >= 11 is 0. The van der Waals surface area contributed by atoms with Crippen LogP contribution in [-0.4, -0.2) is 48.4 Å².